The summed E-state index contributed by atoms with van der Waals surface area (Å²) in [5.74, 6) is 1.74. The standard InChI is InChI=1S/C17H23N3O/c1-12(2)17-19-18-16(21-17)11-20(3)15-9-8-13-6-4-5-7-14(13)10-15/h4-7,12,15H,8-11H2,1-3H3. The fourth-order valence-corrected chi connectivity index (χ4v) is 2.96. The van der Waals surface area contributed by atoms with E-state index < -0.39 is 0 Å². The van der Waals surface area contributed by atoms with Gasteiger partial charge in [-0.05, 0) is 37.4 Å². The molecular weight excluding hydrogens is 262 g/mol. The van der Waals surface area contributed by atoms with E-state index in [4.69, 9.17) is 4.42 Å². The summed E-state index contributed by atoms with van der Waals surface area (Å²) in [7, 11) is 2.15. The first-order chi connectivity index (χ1) is 10.1. The summed E-state index contributed by atoms with van der Waals surface area (Å²) in [5, 5.41) is 8.26. The zero-order chi connectivity index (χ0) is 14.8. The molecule has 1 aliphatic rings. The minimum atomic E-state index is 0.290. The molecule has 1 aromatic heterocycles. The predicted molar refractivity (Wildman–Crippen MR) is 82.1 cm³/mol. The molecule has 2 aromatic rings. The highest BCUT2D eigenvalue weighted by Crippen LogP contribution is 2.24. The van der Waals surface area contributed by atoms with Crippen molar-refractivity contribution in [1.82, 2.24) is 15.1 Å². The number of nitrogens with zero attached hydrogens (tertiary/aromatic N) is 3. The summed E-state index contributed by atoms with van der Waals surface area (Å²) < 4.78 is 5.71. The molecular formula is C17H23N3O. The van der Waals surface area contributed by atoms with Crippen molar-refractivity contribution >= 4 is 0 Å². The molecule has 0 saturated carbocycles. The average Bonchev–Trinajstić information content (AvgIpc) is 2.95. The summed E-state index contributed by atoms with van der Waals surface area (Å²) in [5.41, 5.74) is 2.98. The molecule has 4 heteroatoms. The van der Waals surface area contributed by atoms with Gasteiger partial charge in [-0.3, -0.25) is 4.90 Å². The molecule has 1 atom stereocenters. The Hall–Kier alpha value is -1.68. The highest BCUT2D eigenvalue weighted by Gasteiger charge is 2.23. The SMILES string of the molecule is CC(C)c1nnc(CN(C)C2CCc3ccccc3C2)o1. The van der Waals surface area contributed by atoms with Gasteiger partial charge in [0.15, 0.2) is 0 Å². The Kier molecular flexibility index (Phi) is 4.06. The molecule has 1 aliphatic carbocycles. The van der Waals surface area contributed by atoms with Crippen molar-refractivity contribution in [2.24, 2.45) is 0 Å². The van der Waals surface area contributed by atoms with E-state index in [0.29, 0.717) is 6.04 Å². The van der Waals surface area contributed by atoms with Crippen molar-refractivity contribution in [3.63, 3.8) is 0 Å². The maximum Gasteiger partial charge on any atom is 0.230 e. The fourth-order valence-electron chi connectivity index (χ4n) is 2.96. The molecule has 0 amide bonds. The van der Waals surface area contributed by atoms with Gasteiger partial charge < -0.3 is 4.42 Å². The number of hydrogen-bond donors (Lipinski definition) is 0. The average molecular weight is 285 g/mol. The second-order valence-corrected chi connectivity index (χ2v) is 6.27. The molecule has 0 saturated heterocycles. The second-order valence-electron chi connectivity index (χ2n) is 6.27. The van der Waals surface area contributed by atoms with E-state index in [1.807, 2.05) is 0 Å². The van der Waals surface area contributed by atoms with Gasteiger partial charge in [-0.25, -0.2) is 0 Å². The van der Waals surface area contributed by atoms with Crippen LogP contribution in [0.5, 0.6) is 0 Å². The van der Waals surface area contributed by atoms with Crippen molar-refractivity contribution in [3.8, 4) is 0 Å². The number of likely N-dealkylation sites (N-methyl/N-ethyl adjacent to an activating group) is 1. The summed E-state index contributed by atoms with van der Waals surface area (Å²) in [6, 6.07) is 9.31. The highest BCUT2D eigenvalue weighted by molar-refractivity contribution is 5.30. The molecule has 0 fully saturated rings. The van der Waals surface area contributed by atoms with Gasteiger partial charge in [0.2, 0.25) is 11.8 Å². The number of aryl methyl sites for hydroxylation is 1. The highest BCUT2D eigenvalue weighted by atomic mass is 16.4. The molecule has 0 radical (unpaired) electrons. The Morgan fingerprint density at radius 3 is 2.71 bits per heavy atom. The largest absolute Gasteiger partial charge is 0.424 e. The monoisotopic (exact) mass is 285 g/mol. The van der Waals surface area contributed by atoms with Crippen molar-refractivity contribution in [2.45, 2.75) is 51.6 Å². The van der Waals surface area contributed by atoms with Crippen LogP contribution in [0.1, 0.15) is 49.1 Å². The molecule has 0 aliphatic heterocycles. The van der Waals surface area contributed by atoms with Crippen LogP contribution in [0.2, 0.25) is 0 Å². The Bertz CT molecular complexity index is 606. The summed E-state index contributed by atoms with van der Waals surface area (Å²) in [6.45, 7) is 4.87. The maximum absolute atomic E-state index is 5.71. The van der Waals surface area contributed by atoms with E-state index in [0.717, 1.165) is 31.2 Å². The number of rotatable bonds is 4. The lowest BCUT2D eigenvalue weighted by molar-refractivity contribution is 0.193. The first-order valence-corrected chi connectivity index (χ1v) is 7.72. The number of benzene rings is 1. The number of hydrogen-bond acceptors (Lipinski definition) is 4. The summed E-state index contributed by atoms with van der Waals surface area (Å²) >= 11 is 0. The smallest absolute Gasteiger partial charge is 0.230 e. The molecule has 1 heterocycles. The van der Waals surface area contributed by atoms with Crippen LogP contribution in [0.4, 0.5) is 0 Å². The van der Waals surface area contributed by atoms with Gasteiger partial charge in [0.05, 0.1) is 6.54 Å². The minimum absolute atomic E-state index is 0.290. The Labute approximate surface area is 126 Å². The van der Waals surface area contributed by atoms with Crippen LogP contribution in [0, 0.1) is 0 Å². The van der Waals surface area contributed by atoms with Gasteiger partial charge in [0.1, 0.15) is 0 Å². The third-order valence-electron chi connectivity index (χ3n) is 4.31. The van der Waals surface area contributed by atoms with Crippen LogP contribution in [-0.4, -0.2) is 28.2 Å². The zero-order valence-electron chi connectivity index (χ0n) is 13.0. The van der Waals surface area contributed by atoms with Gasteiger partial charge in [-0.2, -0.15) is 0 Å². The zero-order valence-corrected chi connectivity index (χ0v) is 13.0. The van der Waals surface area contributed by atoms with E-state index in [2.05, 4.69) is 60.3 Å². The maximum atomic E-state index is 5.71. The third-order valence-corrected chi connectivity index (χ3v) is 4.31. The lowest BCUT2D eigenvalue weighted by Gasteiger charge is -2.31. The van der Waals surface area contributed by atoms with Gasteiger partial charge >= 0.3 is 0 Å². The van der Waals surface area contributed by atoms with Crippen LogP contribution >= 0.6 is 0 Å². The third kappa shape index (κ3) is 3.16. The number of aromatic nitrogens is 2. The summed E-state index contributed by atoms with van der Waals surface area (Å²) in [4.78, 5) is 2.34. The Morgan fingerprint density at radius 2 is 2.00 bits per heavy atom. The molecule has 1 aromatic carbocycles. The minimum Gasteiger partial charge on any atom is -0.424 e. The normalized spacial score (nSPS) is 18.2. The Morgan fingerprint density at radius 1 is 1.24 bits per heavy atom. The van der Waals surface area contributed by atoms with Crippen LogP contribution in [-0.2, 0) is 19.4 Å². The molecule has 4 nitrogen and oxygen atoms in total. The molecule has 112 valence electrons. The van der Waals surface area contributed by atoms with E-state index in [-0.39, 0.29) is 5.92 Å². The van der Waals surface area contributed by atoms with E-state index in [9.17, 15) is 0 Å². The number of fused-ring (bicyclic) bond motifs is 1. The fraction of sp³-hybridized carbons (Fsp3) is 0.529. The molecule has 21 heavy (non-hydrogen) atoms. The first-order valence-electron chi connectivity index (χ1n) is 7.72. The second kappa shape index (κ2) is 5.98. The Balaban J connectivity index is 1.65. The molecule has 1 unspecified atom stereocenters. The first kappa shape index (κ1) is 14.3. The van der Waals surface area contributed by atoms with Gasteiger partial charge in [-0.1, -0.05) is 38.1 Å². The van der Waals surface area contributed by atoms with Crippen LogP contribution in [0.25, 0.3) is 0 Å². The van der Waals surface area contributed by atoms with Gasteiger partial charge in [0.25, 0.3) is 0 Å². The van der Waals surface area contributed by atoms with Crippen molar-refractivity contribution in [2.75, 3.05) is 7.05 Å². The molecule has 0 N–H and O–H groups in total. The van der Waals surface area contributed by atoms with Crippen molar-refractivity contribution in [1.29, 1.82) is 0 Å². The van der Waals surface area contributed by atoms with Crippen LogP contribution in [0.3, 0.4) is 0 Å². The van der Waals surface area contributed by atoms with E-state index in [1.54, 1.807) is 0 Å². The molecule has 0 bridgehead atoms. The van der Waals surface area contributed by atoms with Crippen LogP contribution in [0.15, 0.2) is 28.7 Å². The molecule has 0 spiro atoms. The van der Waals surface area contributed by atoms with Crippen LogP contribution < -0.4 is 0 Å². The quantitative estimate of drug-likeness (QED) is 0.865. The molecule has 3 rings (SSSR count). The lowest BCUT2D eigenvalue weighted by atomic mass is 9.88. The van der Waals surface area contributed by atoms with Crippen molar-refractivity contribution in [3.05, 3.63) is 47.2 Å². The van der Waals surface area contributed by atoms with E-state index in [1.165, 1.54) is 17.5 Å². The lowest BCUT2D eigenvalue weighted by Crippen LogP contribution is -2.36. The summed E-state index contributed by atoms with van der Waals surface area (Å²) in [6.07, 6.45) is 3.46. The van der Waals surface area contributed by atoms with Crippen molar-refractivity contribution < 1.29 is 4.42 Å². The van der Waals surface area contributed by atoms with Gasteiger partial charge in [0, 0.05) is 12.0 Å². The van der Waals surface area contributed by atoms with E-state index >= 15 is 0 Å². The predicted octanol–water partition coefficient (Wildman–Crippen LogP) is 3.18. The topological polar surface area (TPSA) is 42.2 Å². The van der Waals surface area contributed by atoms with Gasteiger partial charge in [-0.15, -0.1) is 10.2 Å².